The van der Waals surface area contributed by atoms with Crippen molar-refractivity contribution < 1.29 is 22.7 Å². The number of nitrogens with zero attached hydrogens (tertiary/aromatic N) is 1. The highest BCUT2D eigenvalue weighted by Gasteiger charge is 2.29. The minimum Gasteiger partial charge on any atom is -0.493 e. The summed E-state index contributed by atoms with van der Waals surface area (Å²) in [5.74, 6) is 0.210. The highest BCUT2D eigenvalue weighted by molar-refractivity contribution is 7.92. The summed E-state index contributed by atoms with van der Waals surface area (Å²) in [6.07, 6.45) is 0. The Kier molecular flexibility index (Phi) is 8.53. The van der Waals surface area contributed by atoms with Gasteiger partial charge in [0.05, 0.1) is 30.8 Å². The van der Waals surface area contributed by atoms with Gasteiger partial charge in [-0.3, -0.25) is 9.10 Å². The zero-order valence-corrected chi connectivity index (χ0v) is 22.8. The minimum atomic E-state index is -4.15. The molecule has 0 fully saturated rings. The minimum absolute atomic E-state index is 0.0408. The van der Waals surface area contributed by atoms with Gasteiger partial charge in [-0.05, 0) is 86.3 Å². The Balaban J connectivity index is 1.95. The van der Waals surface area contributed by atoms with E-state index in [0.29, 0.717) is 16.5 Å². The van der Waals surface area contributed by atoms with Crippen LogP contribution in [0.1, 0.15) is 35.2 Å². The third-order valence-electron chi connectivity index (χ3n) is 6.07. The number of hydrogen-bond acceptors (Lipinski definition) is 5. The van der Waals surface area contributed by atoms with Crippen LogP contribution in [0.4, 0.5) is 5.69 Å². The molecule has 0 aliphatic heterocycles. The van der Waals surface area contributed by atoms with E-state index < -0.39 is 22.5 Å². The van der Waals surface area contributed by atoms with Crippen LogP contribution in [0.3, 0.4) is 0 Å². The molecule has 192 valence electrons. The Labute approximate surface area is 218 Å². The van der Waals surface area contributed by atoms with Gasteiger partial charge >= 0.3 is 0 Å². The van der Waals surface area contributed by atoms with Gasteiger partial charge in [-0.1, -0.05) is 23.7 Å². The number of methoxy groups -OCH3 is 2. The summed E-state index contributed by atoms with van der Waals surface area (Å²) in [5, 5.41) is 3.39. The van der Waals surface area contributed by atoms with E-state index >= 15 is 0 Å². The van der Waals surface area contributed by atoms with Crippen molar-refractivity contribution in [3.8, 4) is 11.5 Å². The average molecular weight is 531 g/mol. The van der Waals surface area contributed by atoms with Gasteiger partial charge in [-0.2, -0.15) is 0 Å². The molecule has 0 heterocycles. The van der Waals surface area contributed by atoms with Crippen LogP contribution in [0, 0.1) is 20.8 Å². The third kappa shape index (κ3) is 5.94. The lowest BCUT2D eigenvalue weighted by atomic mass is 9.96. The van der Waals surface area contributed by atoms with E-state index in [1.54, 1.807) is 24.3 Å². The molecule has 1 unspecified atom stereocenters. The Morgan fingerprint density at radius 1 is 0.917 bits per heavy atom. The van der Waals surface area contributed by atoms with Crippen LogP contribution in [0.2, 0.25) is 5.02 Å². The third-order valence-corrected chi connectivity index (χ3v) is 8.09. The molecule has 3 aromatic rings. The van der Waals surface area contributed by atoms with E-state index in [2.05, 4.69) is 11.4 Å². The summed E-state index contributed by atoms with van der Waals surface area (Å²) in [6.45, 7) is 7.51. The van der Waals surface area contributed by atoms with Crippen LogP contribution in [0.25, 0.3) is 0 Å². The molecule has 0 bridgehead atoms. The van der Waals surface area contributed by atoms with Gasteiger partial charge in [-0.25, -0.2) is 8.42 Å². The summed E-state index contributed by atoms with van der Waals surface area (Å²) in [6, 6.07) is 14.4. The fraction of sp³-hybridized carbons (Fsp3) is 0.296. The molecule has 9 heteroatoms. The highest BCUT2D eigenvalue weighted by Crippen LogP contribution is 2.32. The van der Waals surface area contributed by atoms with Gasteiger partial charge < -0.3 is 14.8 Å². The second-order valence-corrected chi connectivity index (χ2v) is 10.9. The molecule has 1 N–H and O–H groups in total. The number of carbonyl (C=O) groups is 1. The fourth-order valence-electron chi connectivity index (χ4n) is 3.97. The number of anilines is 1. The van der Waals surface area contributed by atoms with Gasteiger partial charge in [0.1, 0.15) is 6.54 Å². The van der Waals surface area contributed by atoms with Crippen molar-refractivity contribution in [2.24, 2.45) is 0 Å². The Hall–Kier alpha value is -3.23. The normalized spacial score (nSPS) is 12.1. The summed E-state index contributed by atoms with van der Waals surface area (Å²) in [5.41, 5.74) is 4.63. The smallest absolute Gasteiger partial charge is 0.264 e. The number of sulfonamides is 1. The predicted octanol–water partition coefficient (Wildman–Crippen LogP) is 5.36. The molecular formula is C27H31ClN2O5S. The van der Waals surface area contributed by atoms with Gasteiger partial charge in [0, 0.05) is 11.1 Å². The number of carbonyl (C=O) groups excluding carboxylic acids is 1. The summed E-state index contributed by atoms with van der Waals surface area (Å²) < 4.78 is 39.0. The zero-order valence-electron chi connectivity index (χ0n) is 21.3. The van der Waals surface area contributed by atoms with Crippen molar-refractivity contribution in [1.82, 2.24) is 5.32 Å². The first-order valence-electron chi connectivity index (χ1n) is 11.4. The van der Waals surface area contributed by atoms with E-state index in [-0.39, 0.29) is 16.7 Å². The standard InChI is InChI=1S/C27H31ClN2O5S/c1-17-13-19(3)24(14-18(17)2)20(4)29-27(31)16-30(22-9-7-21(28)8-10-22)36(32,33)23-11-12-25(34-5)26(15-23)35-6/h7-15,20H,16H2,1-6H3,(H,29,31). The molecule has 0 aliphatic rings. The first-order valence-corrected chi connectivity index (χ1v) is 13.2. The molecule has 3 rings (SSSR count). The number of amides is 1. The van der Waals surface area contributed by atoms with Crippen molar-refractivity contribution in [2.75, 3.05) is 25.1 Å². The van der Waals surface area contributed by atoms with E-state index in [0.717, 1.165) is 21.0 Å². The maximum atomic E-state index is 13.7. The maximum Gasteiger partial charge on any atom is 0.264 e. The largest absolute Gasteiger partial charge is 0.493 e. The van der Waals surface area contributed by atoms with E-state index in [9.17, 15) is 13.2 Å². The van der Waals surface area contributed by atoms with Crippen molar-refractivity contribution in [2.45, 2.75) is 38.6 Å². The van der Waals surface area contributed by atoms with Crippen molar-refractivity contribution in [3.63, 3.8) is 0 Å². The van der Waals surface area contributed by atoms with Crippen LogP contribution >= 0.6 is 11.6 Å². The molecule has 0 aliphatic carbocycles. The zero-order chi connectivity index (χ0) is 26.6. The number of ether oxygens (including phenoxy) is 2. The van der Waals surface area contributed by atoms with Crippen LogP contribution < -0.4 is 19.1 Å². The quantitative estimate of drug-likeness (QED) is 0.403. The average Bonchev–Trinajstić information content (AvgIpc) is 2.84. The highest BCUT2D eigenvalue weighted by atomic mass is 35.5. The monoisotopic (exact) mass is 530 g/mol. The van der Waals surface area contributed by atoms with E-state index in [1.165, 1.54) is 38.0 Å². The summed E-state index contributed by atoms with van der Waals surface area (Å²) in [7, 11) is -1.25. The topological polar surface area (TPSA) is 84.9 Å². The Bertz CT molecular complexity index is 1360. The lowest BCUT2D eigenvalue weighted by Crippen LogP contribution is -2.41. The molecule has 3 aromatic carbocycles. The van der Waals surface area contributed by atoms with Gasteiger partial charge in [0.15, 0.2) is 11.5 Å². The van der Waals surface area contributed by atoms with E-state index in [4.69, 9.17) is 21.1 Å². The van der Waals surface area contributed by atoms with Crippen molar-refractivity contribution in [3.05, 3.63) is 81.9 Å². The van der Waals surface area contributed by atoms with Gasteiger partial charge in [0.2, 0.25) is 5.91 Å². The first kappa shape index (κ1) is 27.4. The second kappa shape index (κ2) is 11.2. The Morgan fingerprint density at radius 3 is 2.14 bits per heavy atom. The predicted molar refractivity (Wildman–Crippen MR) is 143 cm³/mol. The first-order chi connectivity index (χ1) is 17.0. The van der Waals surface area contributed by atoms with Crippen LogP contribution in [-0.4, -0.2) is 35.1 Å². The van der Waals surface area contributed by atoms with Gasteiger partial charge in [0.25, 0.3) is 10.0 Å². The Morgan fingerprint density at radius 2 is 1.53 bits per heavy atom. The summed E-state index contributed by atoms with van der Waals surface area (Å²) in [4.78, 5) is 13.1. The van der Waals surface area contributed by atoms with Crippen molar-refractivity contribution in [1.29, 1.82) is 0 Å². The van der Waals surface area contributed by atoms with Crippen LogP contribution in [0.5, 0.6) is 11.5 Å². The number of halogens is 1. The lowest BCUT2D eigenvalue weighted by molar-refractivity contribution is -0.120. The van der Waals surface area contributed by atoms with Crippen molar-refractivity contribution >= 4 is 33.2 Å². The van der Waals surface area contributed by atoms with Gasteiger partial charge in [-0.15, -0.1) is 0 Å². The lowest BCUT2D eigenvalue weighted by Gasteiger charge is -2.26. The number of benzene rings is 3. The number of rotatable bonds is 9. The molecule has 1 atom stereocenters. The fourth-order valence-corrected chi connectivity index (χ4v) is 5.53. The molecule has 1 amide bonds. The maximum absolute atomic E-state index is 13.7. The molecule has 0 radical (unpaired) electrons. The SMILES string of the molecule is COc1ccc(S(=O)(=O)N(CC(=O)NC(C)c2cc(C)c(C)cc2C)c2ccc(Cl)cc2)cc1OC. The molecule has 0 aromatic heterocycles. The molecule has 36 heavy (non-hydrogen) atoms. The van der Waals surface area contributed by atoms with Crippen LogP contribution in [-0.2, 0) is 14.8 Å². The van der Waals surface area contributed by atoms with Crippen LogP contribution in [0.15, 0.2) is 59.5 Å². The molecule has 7 nitrogen and oxygen atoms in total. The summed E-state index contributed by atoms with van der Waals surface area (Å²) >= 11 is 6.02. The molecule has 0 saturated heterocycles. The molecule has 0 saturated carbocycles. The second-order valence-electron chi connectivity index (χ2n) is 8.59. The molecule has 0 spiro atoms. The number of hydrogen-bond donors (Lipinski definition) is 1. The molecular weight excluding hydrogens is 500 g/mol. The number of aryl methyl sites for hydroxylation is 3. The number of nitrogens with one attached hydrogen (secondary N) is 1. The van der Waals surface area contributed by atoms with E-state index in [1.807, 2.05) is 33.8 Å².